The van der Waals surface area contributed by atoms with E-state index in [1.807, 2.05) is 0 Å². The average Bonchev–Trinajstić information content (AvgIpc) is 2.27. The smallest absolute Gasteiger partial charge is 0.241 e. The summed E-state index contributed by atoms with van der Waals surface area (Å²) in [5, 5.41) is 5.00. The summed E-state index contributed by atoms with van der Waals surface area (Å²) in [6.07, 6.45) is 0.314. The van der Waals surface area contributed by atoms with E-state index in [4.69, 9.17) is 14.6 Å². The third-order valence-electron chi connectivity index (χ3n) is 2.27. The summed E-state index contributed by atoms with van der Waals surface area (Å²) in [5.74, 6) is -0.640. The molecule has 7 heteroatoms. The summed E-state index contributed by atoms with van der Waals surface area (Å²) >= 11 is 0. The quantitative estimate of drug-likeness (QED) is 0.849. The Morgan fingerprint density at radius 1 is 1.44 bits per heavy atom. The van der Waals surface area contributed by atoms with Crippen molar-refractivity contribution in [2.75, 3.05) is 13.7 Å². The van der Waals surface area contributed by atoms with Crippen LogP contribution >= 0.6 is 0 Å². The molecular weight excluding hydrogens is 261 g/mol. The van der Waals surface area contributed by atoms with Crippen LogP contribution in [0.25, 0.3) is 0 Å². The fraction of sp³-hybridized carbons (Fsp3) is 0.455. The second kappa shape index (κ2) is 6.12. The van der Waals surface area contributed by atoms with Gasteiger partial charge in [0.05, 0.1) is 6.10 Å². The van der Waals surface area contributed by atoms with Crippen LogP contribution in [0.4, 0.5) is 4.39 Å². The Balaban J connectivity index is 2.95. The molecule has 0 aromatic heterocycles. The first-order chi connectivity index (χ1) is 8.34. The van der Waals surface area contributed by atoms with Gasteiger partial charge in [-0.15, -0.1) is 0 Å². The van der Waals surface area contributed by atoms with Gasteiger partial charge in [-0.2, -0.15) is 0 Å². The Morgan fingerprint density at radius 3 is 2.67 bits per heavy atom. The van der Waals surface area contributed by atoms with Crippen molar-refractivity contribution in [3.05, 3.63) is 24.0 Å². The molecule has 0 radical (unpaired) electrons. The van der Waals surface area contributed by atoms with Gasteiger partial charge in [-0.1, -0.05) is 0 Å². The molecular formula is C11H16FNO4S. The largest absolute Gasteiger partial charge is 0.489 e. The summed E-state index contributed by atoms with van der Waals surface area (Å²) < 4.78 is 45.9. The zero-order chi connectivity index (χ0) is 13.8. The number of halogens is 1. The zero-order valence-corrected chi connectivity index (χ0v) is 11.0. The number of hydrogen-bond donors (Lipinski definition) is 1. The summed E-state index contributed by atoms with van der Waals surface area (Å²) in [7, 11) is -2.46. The van der Waals surface area contributed by atoms with Crippen LogP contribution in [0.3, 0.4) is 0 Å². The molecule has 0 saturated carbocycles. The molecule has 102 valence electrons. The fourth-order valence-corrected chi connectivity index (χ4v) is 2.03. The van der Waals surface area contributed by atoms with Gasteiger partial charge in [0, 0.05) is 20.1 Å². The van der Waals surface area contributed by atoms with E-state index in [1.54, 1.807) is 14.0 Å². The predicted octanol–water partition coefficient (Wildman–Crippen LogP) is 1.28. The fourth-order valence-electron chi connectivity index (χ4n) is 1.36. The highest BCUT2D eigenvalue weighted by Crippen LogP contribution is 2.25. The van der Waals surface area contributed by atoms with E-state index in [0.717, 1.165) is 12.1 Å². The van der Waals surface area contributed by atoms with Gasteiger partial charge < -0.3 is 9.47 Å². The number of hydrogen-bond acceptors (Lipinski definition) is 4. The normalized spacial score (nSPS) is 13.3. The van der Waals surface area contributed by atoms with Crippen molar-refractivity contribution in [2.45, 2.75) is 24.3 Å². The second-order valence-electron chi connectivity index (χ2n) is 3.85. The lowest BCUT2D eigenvalue weighted by molar-refractivity contribution is 0.133. The molecule has 0 heterocycles. The first-order valence-electron chi connectivity index (χ1n) is 5.32. The molecule has 1 rings (SSSR count). The van der Waals surface area contributed by atoms with Gasteiger partial charge >= 0.3 is 0 Å². The third kappa shape index (κ3) is 4.25. The molecule has 18 heavy (non-hydrogen) atoms. The molecule has 1 aromatic rings. The number of sulfonamides is 1. The minimum absolute atomic E-state index is 0.0440. The van der Waals surface area contributed by atoms with E-state index in [2.05, 4.69) is 0 Å². The molecule has 5 nitrogen and oxygen atoms in total. The third-order valence-corrected chi connectivity index (χ3v) is 3.20. The molecule has 2 N–H and O–H groups in total. The van der Waals surface area contributed by atoms with Crippen LogP contribution in [-0.4, -0.2) is 28.2 Å². The molecule has 0 saturated heterocycles. The van der Waals surface area contributed by atoms with Crippen molar-refractivity contribution >= 4 is 10.0 Å². The van der Waals surface area contributed by atoms with Gasteiger partial charge in [0.1, 0.15) is 16.5 Å². The lowest BCUT2D eigenvalue weighted by Gasteiger charge is -2.16. The van der Waals surface area contributed by atoms with Gasteiger partial charge in [-0.3, -0.25) is 0 Å². The maximum Gasteiger partial charge on any atom is 0.241 e. The number of nitrogens with two attached hydrogens (primary N) is 1. The minimum atomic E-state index is -4.02. The maximum absolute atomic E-state index is 13.0. The number of methoxy groups -OCH3 is 1. The summed E-state index contributed by atoms with van der Waals surface area (Å²) in [6, 6.07) is 3.21. The molecule has 0 aliphatic carbocycles. The second-order valence-corrected chi connectivity index (χ2v) is 5.38. The molecule has 0 fully saturated rings. The van der Waals surface area contributed by atoms with Gasteiger partial charge in [0.2, 0.25) is 10.0 Å². The average molecular weight is 277 g/mol. The van der Waals surface area contributed by atoms with Crippen molar-refractivity contribution < 1.29 is 22.3 Å². The van der Waals surface area contributed by atoms with Crippen molar-refractivity contribution in [3.63, 3.8) is 0 Å². The highest BCUT2D eigenvalue weighted by molar-refractivity contribution is 7.89. The number of primary sulfonamides is 1. The molecule has 0 aliphatic heterocycles. The summed E-state index contributed by atoms with van der Waals surface area (Å²) in [5.41, 5.74) is 0. The van der Waals surface area contributed by atoms with Crippen molar-refractivity contribution in [2.24, 2.45) is 5.14 Å². The molecule has 0 amide bonds. The van der Waals surface area contributed by atoms with Crippen LogP contribution in [0.15, 0.2) is 23.1 Å². The molecule has 0 bridgehead atoms. The van der Waals surface area contributed by atoms with Gasteiger partial charge in [0.25, 0.3) is 0 Å². The molecule has 1 aromatic carbocycles. The molecule has 1 unspecified atom stereocenters. The Labute approximate surface area is 106 Å². The predicted molar refractivity (Wildman–Crippen MR) is 64.4 cm³/mol. The Kier molecular flexibility index (Phi) is 5.06. The SMILES string of the molecule is COCCC(C)Oc1ccc(F)cc1S(N)(=O)=O. The van der Waals surface area contributed by atoms with E-state index in [1.165, 1.54) is 6.07 Å². The minimum Gasteiger partial charge on any atom is -0.489 e. The lowest BCUT2D eigenvalue weighted by atomic mass is 10.3. The standard InChI is InChI=1S/C11H16FNO4S/c1-8(5-6-16-2)17-10-4-3-9(12)7-11(10)18(13,14)15/h3-4,7-8H,5-6H2,1-2H3,(H2,13,14,15). The van der Waals surface area contributed by atoms with Crippen LogP contribution in [0.5, 0.6) is 5.75 Å². The van der Waals surface area contributed by atoms with Crippen molar-refractivity contribution in [3.8, 4) is 5.75 Å². The van der Waals surface area contributed by atoms with Crippen LogP contribution in [0.1, 0.15) is 13.3 Å². The number of rotatable bonds is 6. The van der Waals surface area contributed by atoms with Gasteiger partial charge in [0.15, 0.2) is 0 Å². The van der Waals surface area contributed by atoms with E-state index in [0.29, 0.717) is 13.0 Å². The Bertz CT molecular complexity index is 504. The van der Waals surface area contributed by atoms with Crippen LogP contribution < -0.4 is 9.88 Å². The van der Waals surface area contributed by atoms with Crippen molar-refractivity contribution in [1.29, 1.82) is 0 Å². The monoisotopic (exact) mass is 277 g/mol. The molecule has 0 spiro atoms. The van der Waals surface area contributed by atoms with Crippen molar-refractivity contribution in [1.82, 2.24) is 0 Å². The lowest BCUT2D eigenvalue weighted by Crippen LogP contribution is -2.19. The number of benzene rings is 1. The van der Waals surface area contributed by atoms with E-state index in [-0.39, 0.29) is 16.7 Å². The number of ether oxygens (including phenoxy) is 2. The first kappa shape index (κ1) is 14.9. The first-order valence-corrected chi connectivity index (χ1v) is 6.87. The highest BCUT2D eigenvalue weighted by atomic mass is 32.2. The van der Waals surface area contributed by atoms with Crippen LogP contribution in [0.2, 0.25) is 0 Å². The van der Waals surface area contributed by atoms with Crippen LogP contribution in [-0.2, 0) is 14.8 Å². The van der Waals surface area contributed by atoms with E-state index < -0.39 is 15.8 Å². The Hall–Kier alpha value is -1.18. The highest BCUT2D eigenvalue weighted by Gasteiger charge is 2.18. The Morgan fingerprint density at radius 2 is 2.11 bits per heavy atom. The maximum atomic E-state index is 13.0. The zero-order valence-electron chi connectivity index (χ0n) is 10.2. The molecule has 1 atom stereocenters. The van der Waals surface area contributed by atoms with E-state index >= 15 is 0 Å². The van der Waals surface area contributed by atoms with Crippen LogP contribution in [0, 0.1) is 5.82 Å². The summed E-state index contributed by atoms with van der Waals surface area (Å²) in [4.78, 5) is -0.355. The molecule has 0 aliphatic rings. The van der Waals surface area contributed by atoms with E-state index in [9.17, 15) is 12.8 Å². The van der Waals surface area contributed by atoms with Gasteiger partial charge in [-0.25, -0.2) is 17.9 Å². The summed E-state index contributed by atoms with van der Waals surface area (Å²) in [6.45, 7) is 2.24. The topological polar surface area (TPSA) is 78.6 Å². The van der Waals surface area contributed by atoms with Gasteiger partial charge in [-0.05, 0) is 25.1 Å².